The van der Waals surface area contributed by atoms with Gasteiger partial charge in [0, 0.05) is 23.5 Å². The zero-order valence-corrected chi connectivity index (χ0v) is 9.43. The predicted octanol–water partition coefficient (Wildman–Crippen LogP) is 2.58. The largest absolute Gasteiger partial charge is 0.273 e. The lowest BCUT2D eigenvalue weighted by Crippen LogP contribution is -2.19. The summed E-state index contributed by atoms with van der Waals surface area (Å²) in [7, 11) is 0. The van der Waals surface area contributed by atoms with Crippen LogP contribution >= 0.6 is 15.9 Å². The molecule has 0 aliphatic carbocycles. The first-order chi connectivity index (χ1) is 5.60. The van der Waals surface area contributed by atoms with Crippen molar-refractivity contribution in [2.75, 3.05) is 5.33 Å². The molecule has 1 rings (SSSR count). The third kappa shape index (κ3) is 1.89. The highest BCUT2D eigenvalue weighted by Crippen LogP contribution is 2.23. The summed E-state index contributed by atoms with van der Waals surface area (Å²) in [5.41, 5.74) is 1.29. The first-order valence-electron chi connectivity index (χ1n) is 4.20. The second-order valence-corrected chi connectivity index (χ2v) is 4.13. The molecule has 3 heteroatoms. The Kier molecular flexibility index (Phi) is 2.94. The summed E-state index contributed by atoms with van der Waals surface area (Å²) in [4.78, 5) is 0. The van der Waals surface area contributed by atoms with Gasteiger partial charge in [-0.3, -0.25) is 4.68 Å². The number of alkyl halides is 1. The second-order valence-electron chi connectivity index (χ2n) is 3.57. The Morgan fingerprint density at radius 2 is 2.25 bits per heavy atom. The summed E-state index contributed by atoms with van der Waals surface area (Å²) in [6.07, 6.45) is 2.03. The third-order valence-electron chi connectivity index (χ3n) is 1.99. The van der Waals surface area contributed by atoms with Crippen LogP contribution in [0, 0.1) is 0 Å². The third-order valence-corrected chi connectivity index (χ3v) is 3.39. The van der Waals surface area contributed by atoms with E-state index < -0.39 is 0 Å². The standard InChI is InChI=1S/C9H15BrN2/c1-4-12-6-5-8(11-12)9(2,3)7-10/h5-6H,4,7H2,1-3H3. The summed E-state index contributed by atoms with van der Waals surface area (Å²) >= 11 is 3.49. The Labute approximate surface area is 82.1 Å². The Hall–Kier alpha value is -0.310. The maximum absolute atomic E-state index is 4.46. The predicted molar refractivity (Wildman–Crippen MR) is 54.7 cm³/mol. The quantitative estimate of drug-likeness (QED) is 0.731. The Morgan fingerprint density at radius 1 is 1.58 bits per heavy atom. The van der Waals surface area contributed by atoms with Gasteiger partial charge in [0.1, 0.15) is 0 Å². The van der Waals surface area contributed by atoms with E-state index in [-0.39, 0.29) is 5.41 Å². The van der Waals surface area contributed by atoms with Crippen LogP contribution in [0.25, 0.3) is 0 Å². The van der Waals surface area contributed by atoms with Gasteiger partial charge in [0.25, 0.3) is 0 Å². The molecule has 0 N–H and O–H groups in total. The van der Waals surface area contributed by atoms with Crippen molar-refractivity contribution in [3.8, 4) is 0 Å². The minimum atomic E-state index is 0.139. The molecule has 0 aliphatic rings. The fourth-order valence-corrected chi connectivity index (χ4v) is 1.25. The molecule has 1 aromatic rings. The molecule has 0 unspecified atom stereocenters. The van der Waals surface area contributed by atoms with Crippen molar-refractivity contribution >= 4 is 15.9 Å². The molecule has 0 radical (unpaired) electrons. The Morgan fingerprint density at radius 3 is 2.67 bits per heavy atom. The van der Waals surface area contributed by atoms with E-state index in [1.807, 2.05) is 10.9 Å². The van der Waals surface area contributed by atoms with E-state index in [2.05, 4.69) is 47.9 Å². The lowest BCUT2D eigenvalue weighted by molar-refractivity contribution is 0.552. The van der Waals surface area contributed by atoms with Crippen molar-refractivity contribution in [2.45, 2.75) is 32.7 Å². The van der Waals surface area contributed by atoms with E-state index >= 15 is 0 Å². The van der Waals surface area contributed by atoms with E-state index in [1.54, 1.807) is 0 Å². The van der Waals surface area contributed by atoms with Gasteiger partial charge in [0.2, 0.25) is 0 Å². The van der Waals surface area contributed by atoms with Crippen LogP contribution in [0.5, 0.6) is 0 Å². The van der Waals surface area contributed by atoms with Crippen LogP contribution in [0.2, 0.25) is 0 Å². The van der Waals surface area contributed by atoms with Gasteiger partial charge in [0.05, 0.1) is 5.69 Å². The van der Waals surface area contributed by atoms with Crippen LogP contribution in [0.3, 0.4) is 0 Å². The van der Waals surface area contributed by atoms with Crippen LogP contribution in [-0.4, -0.2) is 15.1 Å². The average molecular weight is 231 g/mol. The van der Waals surface area contributed by atoms with Crippen molar-refractivity contribution in [3.05, 3.63) is 18.0 Å². The summed E-state index contributed by atoms with van der Waals surface area (Å²) in [6, 6.07) is 2.09. The smallest absolute Gasteiger partial charge is 0.0689 e. The van der Waals surface area contributed by atoms with E-state index in [9.17, 15) is 0 Å². The van der Waals surface area contributed by atoms with Crippen LogP contribution in [0.1, 0.15) is 26.5 Å². The van der Waals surface area contributed by atoms with E-state index in [4.69, 9.17) is 0 Å². The minimum Gasteiger partial charge on any atom is -0.273 e. The van der Waals surface area contributed by atoms with Crippen molar-refractivity contribution < 1.29 is 0 Å². The number of nitrogens with zero attached hydrogens (tertiary/aromatic N) is 2. The first-order valence-corrected chi connectivity index (χ1v) is 5.32. The molecule has 12 heavy (non-hydrogen) atoms. The Bertz CT molecular complexity index is 253. The van der Waals surface area contributed by atoms with Crippen LogP contribution in [0.4, 0.5) is 0 Å². The van der Waals surface area contributed by atoms with Crippen molar-refractivity contribution in [3.63, 3.8) is 0 Å². The van der Waals surface area contributed by atoms with Crippen LogP contribution in [-0.2, 0) is 12.0 Å². The van der Waals surface area contributed by atoms with Crippen molar-refractivity contribution in [1.82, 2.24) is 9.78 Å². The minimum absolute atomic E-state index is 0.139. The molecule has 0 amide bonds. The molecule has 0 aliphatic heterocycles. The number of halogens is 1. The Balaban J connectivity index is 2.88. The number of aryl methyl sites for hydroxylation is 1. The molecular weight excluding hydrogens is 216 g/mol. The summed E-state index contributed by atoms with van der Waals surface area (Å²) in [6.45, 7) is 7.41. The average Bonchev–Trinajstić information content (AvgIpc) is 2.52. The van der Waals surface area contributed by atoms with Gasteiger partial charge in [-0.05, 0) is 13.0 Å². The highest BCUT2D eigenvalue weighted by molar-refractivity contribution is 9.09. The van der Waals surface area contributed by atoms with E-state index in [1.165, 1.54) is 0 Å². The maximum Gasteiger partial charge on any atom is 0.0689 e. The van der Waals surface area contributed by atoms with Gasteiger partial charge in [-0.25, -0.2) is 0 Å². The molecule has 2 nitrogen and oxygen atoms in total. The van der Waals surface area contributed by atoms with Gasteiger partial charge in [0.15, 0.2) is 0 Å². The zero-order chi connectivity index (χ0) is 9.19. The highest BCUT2D eigenvalue weighted by Gasteiger charge is 2.21. The normalized spacial score (nSPS) is 12.0. The maximum atomic E-state index is 4.46. The van der Waals surface area contributed by atoms with Crippen LogP contribution < -0.4 is 0 Å². The molecule has 1 aromatic heterocycles. The van der Waals surface area contributed by atoms with Crippen molar-refractivity contribution in [2.24, 2.45) is 0 Å². The van der Waals surface area contributed by atoms with E-state index in [0.29, 0.717) is 0 Å². The molecule has 0 atom stereocenters. The highest BCUT2D eigenvalue weighted by atomic mass is 79.9. The van der Waals surface area contributed by atoms with Crippen LogP contribution in [0.15, 0.2) is 12.3 Å². The number of hydrogen-bond donors (Lipinski definition) is 0. The van der Waals surface area contributed by atoms with Gasteiger partial charge in [-0.15, -0.1) is 0 Å². The number of rotatable bonds is 3. The molecular formula is C9H15BrN2. The summed E-state index contributed by atoms with van der Waals surface area (Å²) in [5.74, 6) is 0. The van der Waals surface area contributed by atoms with Crippen molar-refractivity contribution in [1.29, 1.82) is 0 Å². The topological polar surface area (TPSA) is 17.8 Å². The monoisotopic (exact) mass is 230 g/mol. The first kappa shape index (κ1) is 9.78. The molecule has 0 fully saturated rings. The molecule has 0 aromatic carbocycles. The number of aromatic nitrogens is 2. The zero-order valence-electron chi connectivity index (χ0n) is 7.84. The second kappa shape index (κ2) is 3.60. The lowest BCUT2D eigenvalue weighted by atomic mass is 9.93. The molecule has 68 valence electrons. The summed E-state index contributed by atoms with van der Waals surface area (Å²) in [5, 5.41) is 5.40. The lowest BCUT2D eigenvalue weighted by Gasteiger charge is -2.18. The van der Waals surface area contributed by atoms with Gasteiger partial charge < -0.3 is 0 Å². The summed E-state index contributed by atoms with van der Waals surface area (Å²) < 4.78 is 1.96. The SMILES string of the molecule is CCn1ccc(C(C)(C)CBr)n1. The fourth-order valence-electron chi connectivity index (χ4n) is 0.967. The molecule has 0 saturated carbocycles. The fraction of sp³-hybridized carbons (Fsp3) is 0.667. The molecule has 0 spiro atoms. The van der Waals surface area contributed by atoms with Gasteiger partial charge in [-0.2, -0.15) is 5.10 Å². The molecule has 0 saturated heterocycles. The van der Waals surface area contributed by atoms with E-state index in [0.717, 1.165) is 17.6 Å². The molecule has 1 heterocycles. The number of hydrogen-bond acceptors (Lipinski definition) is 1. The molecule has 0 bridgehead atoms. The van der Waals surface area contributed by atoms with Gasteiger partial charge in [-0.1, -0.05) is 29.8 Å². The van der Waals surface area contributed by atoms with Gasteiger partial charge >= 0.3 is 0 Å².